The Morgan fingerprint density at radius 2 is 1.85 bits per heavy atom. The third-order valence-corrected chi connectivity index (χ3v) is 4.68. The first-order valence-corrected chi connectivity index (χ1v) is 10.2. The Balaban J connectivity index is 1.81. The normalized spacial score (nSPS) is 11.4. The van der Waals surface area contributed by atoms with Gasteiger partial charge in [0.15, 0.2) is 23.1 Å². The Hall–Kier alpha value is -4.01. The Labute approximate surface area is 189 Å². The topological polar surface area (TPSA) is 89.5 Å². The number of pyridine rings is 1. The van der Waals surface area contributed by atoms with Crippen molar-refractivity contribution in [2.24, 2.45) is 0 Å². The summed E-state index contributed by atoms with van der Waals surface area (Å²) in [5, 5.41) is 4.96. The summed E-state index contributed by atoms with van der Waals surface area (Å²) in [6, 6.07) is 10.0. The highest BCUT2D eigenvalue weighted by atomic mass is 19.2. The van der Waals surface area contributed by atoms with E-state index in [2.05, 4.69) is 15.6 Å². The first-order valence-electron chi connectivity index (χ1n) is 10.2. The van der Waals surface area contributed by atoms with Gasteiger partial charge in [-0.1, -0.05) is 12.1 Å². The van der Waals surface area contributed by atoms with E-state index in [0.29, 0.717) is 18.1 Å². The first-order chi connectivity index (χ1) is 15.9. The Kier molecular flexibility index (Phi) is 7.91. The van der Waals surface area contributed by atoms with Gasteiger partial charge >= 0.3 is 0 Å². The van der Waals surface area contributed by atoms with Crippen LogP contribution in [0.25, 0.3) is 0 Å². The molecule has 172 valence electrons. The van der Waals surface area contributed by atoms with Crippen molar-refractivity contribution < 1.29 is 27.8 Å². The number of hydrogen-bond acceptors (Lipinski definition) is 5. The number of ether oxygens (including phenoxy) is 2. The highest BCUT2D eigenvalue weighted by molar-refractivity contribution is 5.98. The zero-order chi connectivity index (χ0) is 23.8. The van der Waals surface area contributed by atoms with E-state index in [1.165, 1.54) is 25.2 Å². The quantitative estimate of drug-likeness (QED) is 0.515. The number of nitrogens with zero attached hydrogens (tertiary/aromatic N) is 1. The summed E-state index contributed by atoms with van der Waals surface area (Å²) in [5.41, 5.74) is 1.16. The monoisotopic (exact) mass is 455 g/mol. The first kappa shape index (κ1) is 23.6. The fraction of sp³-hybridized carbons (Fsp3) is 0.208. The molecule has 0 aliphatic carbocycles. The van der Waals surface area contributed by atoms with Gasteiger partial charge in [-0.2, -0.15) is 0 Å². The van der Waals surface area contributed by atoms with Gasteiger partial charge in [0.25, 0.3) is 5.91 Å². The predicted molar refractivity (Wildman–Crippen MR) is 117 cm³/mol. The van der Waals surface area contributed by atoms with E-state index in [1.54, 1.807) is 31.5 Å². The van der Waals surface area contributed by atoms with Crippen molar-refractivity contribution in [1.82, 2.24) is 15.6 Å². The minimum absolute atomic E-state index is 0.100. The fourth-order valence-electron chi connectivity index (χ4n) is 3.03. The van der Waals surface area contributed by atoms with Crippen LogP contribution in [0.1, 0.15) is 34.5 Å². The molecule has 1 aromatic heterocycles. The van der Waals surface area contributed by atoms with Crippen LogP contribution in [-0.2, 0) is 11.4 Å². The standard InChI is InChI=1S/C24H23F2N3O4/c1-3-32-21-12-17(7-9-20(21)33-14-15-5-4-10-28-13-15)23(30)29-22(24(31)27-2)16-6-8-18(25)19(26)11-16/h4-13,22H,3,14H2,1-2H3,(H,27,31)(H,29,30). The highest BCUT2D eigenvalue weighted by Crippen LogP contribution is 2.29. The van der Waals surface area contributed by atoms with Crippen LogP contribution in [0.3, 0.4) is 0 Å². The third kappa shape index (κ3) is 6.03. The molecule has 2 aromatic carbocycles. The van der Waals surface area contributed by atoms with Gasteiger partial charge in [-0.05, 0) is 48.9 Å². The molecule has 0 saturated carbocycles. The lowest BCUT2D eigenvalue weighted by Crippen LogP contribution is -2.39. The van der Waals surface area contributed by atoms with Crippen molar-refractivity contribution in [3.8, 4) is 11.5 Å². The van der Waals surface area contributed by atoms with Crippen LogP contribution in [0.4, 0.5) is 8.78 Å². The molecule has 2 N–H and O–H groups in total. The van der Waals surface area contributed by atoms with Gasteiger partial charge in [-0.25, -0.2) is 8.78 Å². The van der Waals surface area contributed by atoms with E-state index in [4.69, 9.17) is 9.47 Å². The molecule has 0 radical (unpaired) electrons. The van der Waals surface area contributed by atoms with E-state index in [0.717, 1.165) is 17.7 Å². The summed E-state index contributed by atoms with van der Waals surface area (Å²) < 4.78 is 38.4. The van der Waals surface area contributed by atoms with Crippen molar-refractivity contribution in [3.05, 3.63) is 89.2 Å². The number of benzene rings is 2. The maximum absolute atomic E-state index is 13.7. The van der Waals surface area contributed by atoms with Gasteiger partial charge in [0.2, 0.25) is 5.91 Å². The van der Waals surface area contributed by atoms with E-state index >= 15 is 0 Å². The summed E-state index contributed by atoms with van der Waals surface area (Å²) in [7, 11) is 1.38. The van der Waals surface area contributed by atoms with Crippen LogP contribution < -0.4 is 20.1 Å². The van der Waals surface area contributed by atoms with Crippen LogP contribution in [-0.4, -0.2) is 30.5 Å². The van der Waals surface area contributed by atoms with Gasteiger partial charge in [-0.3, -0.25) is 14.6 Å². The highest BCUT2D eigenvalue weighted by Gasteiger charge is 2.24. The molecule has 0 spiro atoms. The van der Waals surface area contributed by atoms with Gasteiger partial charge < -0.3 is 20.1 Å². The van der Waals surface area contributed by atoms with Gasteiger partial charge in [-0.15, -0.1) is 0 Å². The van der Waals surface area contributed by atoms with E-state index in [-0.39, 0.29) is 17.7 Å². The molecule has 1 unspecified atom stereocenters. The van der Waals surface area contributed by atoms with Crippen LogP contribution >= 0.6 is 0 Å². The SMILES string of the molecule is CCOc1cc(C(=O)NC(C(=O)NC)c2ccc(F)c(F)c2)ccc1OCc1cccnc1. The van der Waals surface area contributed by atoms with E-state index in [1.807, 2.05) is 6.07 Å². The molecule has 3 rings (SSSR count). The molecule has 0 fully saturated rings. The summed E-state index contributed by atoms with van der Waals surface area (Å²) in [4.78, 5) is 29.2. The number of aromatic nitrogens is 1. The number of likely N-dealkylation sites (N-methyl/N-ethyl adjacent to an activating group) is 1. The molecule has 1 heterocycles. The fourth-order valence-corrected chi connectivity index (χ4v) is 3.03. The van der Waals surface area contributed by atoms with Crippen molar-refractivity contribution in [1.29, 1.82) is 0 Å². The van der Waals surface area contributed by atoms with Crippen molar-refractivity contribution in [2.75, 3.05) is 13.7 Å². The number of halogens is 2. The maximum atomic E-state index is 13.7. The van der Waals surface area contributed by atoms with Crippen molar-refractivity contribution >= 4 is 11.8 Å². The minimum atomic E-state index is -1.23. The van der Waals surface area contributed by atoms with Gasteiger partial charge in [0.1, 0.15) is 12.6 Å². The molecule has 33 heavy (non-hydrogen) atoms. The number of carbonyl (C=O) groups is 2. The van der Waals surface area contributed by atoms with Crippen LogP contribution in [0.15, 0.2) is 60.9 Å². The molecule has 0 saturated heterocycles. The molecular formula is C24H23F2N3O4. The smallest absolute Gasteiger partial charge is 0.252 e. The van der Waals surface area contributed by atoms with Crippen LogP contribution in [0.2, 0.25) is 0 Å². The van der Waals surface area contributed by atoms with Gasteiger partial charge in [0, 0.05) is 30.6 Å². The summed E-state index contributed by atoms with van der Waals surface area (Å²) in [6.45, 7) is 2.39. The number of amides is 2. The second-order valence-corrected chi connectivity index (χ2v) is 6.94. The maximum Gasteiger partial charge on any atom is 0.252 e. The molecule has 0 aliphatic rings. The van der Waals surface area contributed by atoms with Gasteiger partial charge in [0.05, 0.1) is 6.61 Å². The Morgan fingerprint density at radius 1 is 1.03 bits per heavy atom. The summed E-state index contributed by atoms with van der Waals surface area (Å²) in [6.07, 6.45) is 3.34. The Bertz CT molecular complexity index is 1130. The average molecular weight is 455 g/mol. The zero-order valence-corrected chi connectivity index (χ0v) is 18.1. The lowest BCUT2D eigenvalue weighted by molar-refractivity contribution is -0.122. The average Bonchev–Trinajstić information content (AvgIpc) is 2.83. The number of carbonyl (C=O) groups excluding carboxylic acids is 2. The van der Waals surface area contributed by atoms with Crippen molar-refractivity contribution in [2.45, 2.75) is 19.6 Å². The third-order valence-electron chi connectivity index (χ3n) is 4.68. The largest absolute Gasteiger partial charge is 0.490 e. The number of hydrogen-bond donors (Lipinski definition) is 2. The second-order valence-electron chi connectivity index (χ2n) is 6.94. The molecule has 9 heteroatoms. The molecule has 0 bridgehead atoms. The lowest BCUT2D eigenvalue weighted by Gasteiger charge is -2.19. The second kappa shape index (κ2) is 11.0. The van der Waals surface area contributed by atoms with E-state index in [9.17, 15) is 18.4 Å². The van der Waals surface area contributed by atoms with Crippen LogP contribution in [0.5, 0.6) is 11.5 Å². The molecular weight excluding hydrogens is 432 g/mol. The zero-order valence-electron chi connectivity index (χ0n) is 18.1. The molecule has 7 nitrogen and oxygen atoms in total. The van der Waals surface area contributed by atoms with E-state index < -0.39 is 29.5 Å². The predicted octanol–water partition coefficient (Wildman–Crippen LogP) is 3.55. The molecule has 3 aromatic rings. The molecule has 1 atom stereocenters. The minimum Gasteiger partial charge on any atom is -0.490 e. The summed E-state index contributed by atoms with van der Waals surface area (Å²) >= 11 is 0. The molecule has 2 amide bonds. The van der Waals surface area contributed by atoms with Crippen LogP contribution in [0, 0.1) is 11.6 Å². The summed E-state index contributed by atoms with van der Waals surface area (Å²) in [5.74, 6) is -2.59. The number of rotatable bonds is 9. The Morgan fingerprint density at radius 3 is 2.52 bits per heavy atom. The van der Waals surface area contributed by atoms with Crippen molar-refractivity contribution in [3.63, 3.8) is 0 Å². The number of nitrogens with one attached hydrogen (secondary N) is 2. The molecule has 0 aliphatic heterocycles. The lowest BCUT2D eigenvalue weighted by atomic mass is 10.0.